The molecule has 0 fully saturated rings. The summed E-state index contributed by atoms with van der Waals surface area (Å²) in [5.41, 5.74) is 4.75. The van der Waals surface area contributed by atoms with E-state index in [-0.39, 0.29) is 17.1 Å². The van der Waals surface area contributed by atoms with Gasteiger partial charge < -0.3 is 4.57 Å². The molecule has 1 aromatic heterocycles. The number of carbonyl (C=O) groups is 1. The summed E-state index contributed by atoms with van der Waals surface area (Å²) in [5, 5.41) is 0.518. The normalized spacial score (nSPS) is 11.8. The van der Waals surface area contributed by atoms with E-state index in [0.29, 0.717) is 22.8 Å². The highest BCUT2D eigenvalue weighted by molar-refractivity contribution is 7.99. The van der Waals surface area contributed by atoms with Crippen LogP contribution in [0.25, 0.3) is 11.0 Å². The van der Waals surface area contributed by atoms with E-state index in [4.69, 9.17) is 0 Å². The van der Waals surface area contributed by atoms with Crippen LogP contribution in [0.4, 0.5) is 13.2 Å². The van der Waals surface area contributed by atoms with Crippen LogP contribution >= 0.6 is 11.8 Å². The highest BCUT2D eigenvalue weighted by Gasteiger charge is 2.31. The van der Waals surface area contributed by atoms with E-state index >= 15 is 0 Å². The molecule has 3 aromatic carbocycles. The van der Waals surface area contributed by atoms with Gasteiger partial charge in [0.05, 0.1) is 28.9 Å². The van der Waals surface area contributed by atoms with Crippen LogP contribution in [0.3, 0.4) is 0 Å². The molecule has 4 aromatic rings. The Balaban J connectivity index is 1.69. The molecule has 0 unspecified atom stereocenters. The van der Waals surface area contributed by atoms with E-state index in [9.17, 15) is 18.0 Å². The fraction of sp³-hybridized carbons (Fsp3) is 0.231. The Kier molecular flexibility index (Phi) is 6.34. The van der Waals surface area contributed by atoms with Gasteiger partial charge in [0, 0.05) is 5.56 Å². The molecular weight excluding hydrogens is 445 g/mol. The Morgan fingerprint density at radius 2 is 1.64 bits per heavy atom. The molecule has 0 radical (unpaired) electrons. The van der Waals surface area contributed by atoms with Gasteiger partial charge in [0.25, 0.3) is 0 Å². The molecule has 0 amide bonds. The van der Waals surface area contributed by atoms with Crippen molar-refractivity contribution in [3.8, 4) is 0 Å². The zero-order chi connectivity index (χ0) is 23.8. The summed E-state index contributed by atoms with van der Waals surface area (Å²) < 4.78 is 41.6. The molecule has 0 aliphatic heterocycles. The van der Waals surface area contributed by atoms with E-state index in [1.54, 1.807) is 0 Å². The van der Waals surface area contributed by atoms with Crippen molar-refractivity contribution in [2.75, 3.05) is 5.75 Å². The third-order valence-corrected chi connectivity index (χ3v) is 6.49. The molecule has 7 heteroatoms. The number of Topliss-reactive ketones (excluding diaryl/α,β-unsaturated/α-hetero) is 1. The van der Waals surface area contributed by atoms with Gasteiger partial charge in [-0.25, -0.2) is 4.98 Å². The second-order valence-corrected chi connectivity index (χ2v) is 9.10. The molecule has 0 bridgehead atoms. The van der Waals surface area contributed by atoms with Crippen LogP contribution < -0.4 is 0 Å². The zero-order valence-corrected chi connectivity index (χ0v) is 19.3. The minimum absolute atomic E-state index is 0.0238. The van der Waals surface area contributed by atoms with Crippen LogP contribution in [0.15, 0.2) is 65.8 Å². The Bertz CT molecular complexity index is 1300. The number of nitrogens with zero attached hydrogens (tertiary/aromatic N) is 2. The number of hydrogen-bond donors (Lipinski definition) is 0. The highest BCUT2D eigenvalue weighted by Crippen LogP contribution is 2.33. The van der Waals surface area contributed by atoms with Crippen molar-refractivity contribution in [1.29, 1.82) is 0 Å². The lowest BCUT2D eigenvalue weighted by molar-refractivity contribution is -0.137. The van der Waals surface area contributed by atoms with Crippen LogP contribution in [0, 0.1) is 20.8 Å². The first kappa shape index (κ1) is 23.1. The number of carbonyl (C=O) groups excluding carboxylic acids is 1. The second-order valence-electron chi connectivity index (χ2n) is 8.15. The Hall–Kier alpha value is -3.06. The van der Waals surface area contributed by atoms with Gasteiger partial charge in [-0.2, -0.15) is 13.2 Å². The quantitative estimate of drug-likeness (QED) is 0.226. The number of ketones is 1. The SMILES string of the molecule is Cc1cc(C)c(C(=O)CSc2nc3cc(C(F)(F)F)ccc3n2Cc2ccccc2)c(C)c1. The summed E-state index contributed by atoms with van der Waals surface area (Å²) in [6, 6.07) is 17.2. The standard InChI is InChI=1S/C26H23F3N2OS/c1-16-11-17(2)24(18(3)12-16)23(32)15-33-25-30-21-13-20(26(27,28)29)9-10-22(21)31(25)14-19-7-5-4-6-8-19/h4-13H,14-15H2,1-3H3. The molecule has 4 rings (SSSR count). The Morgan fingerprint density at radius 1 is 0.970 bits per heavy atom. The molecule has 0 spiro atoms. The summed E-state index contributed by atoms with van der Waals surface area (Å²) in [7, 11) is 0. The number of hydrogen-bond acceptors (Lipinski definition) is 3. The molecular formula is C26H23F3N2OS. The maximum Gasteiger partial charge on any atom is 0.416 e. The molecule has 0 atom stereocenters. The average molecular weight is 469 g/mol. The lowest BCUT2D eigenvalue weighted by atomic mass is 9.97. The summed E-state index contributed by atoms with van der Waals surface area (Å²) in [4.78, 5) is 17.5. The third kappa shape index (κ3) is 4.98. The minimum Gasteiger partial charge on any atom is -0.314 e. The number of alkyl halides is 3. The summed E-state index contributed by atoms with van der Waals surface area (Å²) in [6.07, 6.45) is -4.44. The van der Waals surface area contributed by atoms with E-state index in [1.165, 1.54) is 17.8 Å². The molecule has 0 saturated heterocycles. The average Bonchev–Trinajstić information content (AvgIpc) is 3.08. The van der Waals surface area contributed by atoms with Gasteiger partial charge in [0.15, 0.2) is 10.9 Å². The Labute approximate surface area is 194 Å². The number of halogens is 3. The number of thioether (sulfide) groups is 1. The fourth-order valence-corrected chi connectivity index (χ4v) is 5.02. The first-order valence-corrected chi connectivity index (χ1v) is 11.5. The van der Waals surface area contributed by atoms with Crippen molar-refractivity contribution >= 4 is 28.6 Å². The molecule has 0 N–H and O–H groups in total. The second kappa shape index (κ2) is 9.06. The van der Waals surface area contributed by atoms with E-state index in [2.05, 4.69) is 4.98 Å². The van der Waals surface area contributed by atoms with Crippen LogP contribution in [-0.2, 0) is 12.7 Å². The lowest BCUT2D eigenvalue weighted by Gasteiger charge is -2.12. The van der Waals surface area contributed by atoms with Crippen LogP contribution in [-0.4, -0.2) is 21.1 Å². The van der Waals surface area contributed by atoms with Crippen molar-refractivity contribution < 1.29 is 18.0 Å². The summed E-state index contributed by atoms with van der Waals surface area (Å²) in [6.45, 7) is 6.27. The minimum atomic E-state index is -4.44. The zero-order valence-electron chi connectivity index (χ0n) is 18.5. The van der Waals surface area contributed by atoms with Crippen LogP contribution in [0.1, 0.15) is 38.2 Å². The van der Waals surface area contributed by atoms with Gasteiger partial charge in [0.2, 0.25) is 0 Å². The highest BCUT2D eigenvalue weighted by atomic mass is 32.2. The first-order valence-electron chi connectivity index (χ1n) is 10.5. The molecule has 0 saturated carbocycles. The topological polar surface area (TPSA) is 34.9 Å². The number of imidazole rings is 1. The predicted octanol–water partition coefficient (Wildman–Crippen LogP) is 7.00. The number of aryl methyl sites for hydroxylation is 3. The number of fused-ring (bicyclic) bond motifs is 1. The summed E-state index contributed by atoms with van der Waals surface area (Å²) >= 11 is 1.25. The van der Waals surface area contributed by atoms with Crippen LogP contribution in [0.5, 0.6) is 0 Å². The molecule has 1 heterocycles. The lowest BCUT2D eigenvalue weighted by Crippen LogP contribution is -2.09. The smallest absolute Gasteiger partial charge is 0.314 e. The maximum absolute atomic E-state index is 13.2. The number of benzene rings is 3. The Morgan fingerprint density at radius 3 is 2.27 bits per heavy atom. The fourth-order valence-electron chi connectivity index (χ4n) is 4.14. The van der Waals surface area contributed by atoms with Gasteiger partial charge in [-0.05, 0) is 55.7 Å². The van der Waals surface area contributed by atoms with E-state index < -0.39 is 11.7 Å². The van der Waals surface area contributed by atoms with Crippen molar-refractivity contribution in [3.63, 3.8) is 0 Å². The predicted molar refractivity (Wildman–Crippen MR) is 126 cm³/mol. The monoisotopic (exact) mass is 468 g/mol. The van der Waals surface area contributed by atoms with Crippen molar-refractivity contribution in [1.82, 2.24) is 9.55 Å². The van der Waals surface area contributed by atoms with Crippen LogP contribution in [0.2, 0.25) is 0 Å². The molecule has 0 aliphatic rings. The number of aromatic nitrogens is 2. The van der Waals surface area contributed by atoms with Crippen molar-refractivity contribution in [2.24, 2.45) is 0 Å². The summed E-state index contributed by atoms with van der Waals surface area (Å²) in [5.74, 6) is 0.124. The van der Waals surface area contributed by atoms with E-state index in [1.807, 2.05) is 67.8 Å². The van der Waals surface area contributed by atoms with Crippen molar-refractivity contribution in [2.45, 2.75) is 38.6 Å². The third-order valence-electron chi connectivity index (χ3n) is 5.51. The number of rotatable bonds is 6. The van der Waals surface area contributed by atoms with E-state index in [0.717, 1.165) is 34.4 Å². The van der Waals surface area contributed by atoms with Crippen molar-refractivity contribution in [3.05, 3.63) is 94.0 Å². The molecule has 0 aliphatic carbocycles. The van der Waals surface area contributed by atoms with Gasteiger partial charge >= 0.3 is 6.18 Å². The molecule has 3 nitrogen and oxygen atoms in total. The maximum atomic E-state index is 13.2. The molecule has 33 heavy (non-hydrogen) atoms. The first-order chi connectivity index (χ1) is 15.6. The largest absolute Gasteiger partial charge is 0.416 e. The van der Waals surface area contributed by atoms with Gasteiger partial charge in [0.1, 0.15) is 0 Å². The van der Waals surface area contributed by atoms with Gasteiger partial charge in [-0.15, -0.1) is 0 Å². The van der Waals surface area contributed by atoms with Gasteiger partial charge in [-0.3, -0.25) is 4.79 Å². The van der Waals surface area contributed by atoms with Gasteiger partial charge in [-0.1, -0.05) is 59.8 Å². The molecule has 170 valence electrons.